The van der Waals surface area contributed by atoms with Crippen molar-refractivity contribution in [1.29, 1.82) is 0 Å². The molecule has 0 saturated heterocycles. The Bertz CT molecular complexity index is 960. The lowest BCUT2D eigenvalue weighted by Crippen LogP contribution is -2.25. The molecule has 7 heteroatoms. The summed E-state index contributed by atoms with van der Waals surface area (Å²) in [5.74, 6) is 1.84. The van der Waals surface area contributed by atoms with Gasteiger partial charge >= 0.3 is 0 Å². The number of hydrogen-bond donors (Lipinski definition) is 3. The van der Waals surface area contributed by atoms with E-state index in [1.165, 1.54) is 10.5 Å². The number of nitrogens with one attached hydrogen (secondary N) is 3. The summed E-state index contributed by atoms with van der Waals surface area (Å²) in [5.41, 5.74) is 7.68. The predicted octanol–water partition coefficient (Wildman–Crippen LogP) is 5.08. The number of aromatic amines is 1. The fourth-order valence-corrected chi connectivity index (χ4v) is 3.41. The van der Waals surface area contributed by atoms with Gasteiger partial charge in [0.15, 0.2) is 10.9 Å². The Morgan fingerprint density at radius 3 is 2.74 bits per heavy atom. The van der Waals surface area contributed by atoms with Crippen LogP contribution in [-0.2, 0) is 0 Å². The van der Waals surface area contributed by atoms with Crippen LogP contribution in [0.25, 0.3) is 11.0 Å². The van der Waals surface area contributed by atoms with Crippen molar-refractivity contribution in [2.45, 2.75) is 32.1 Å². The maximum Gasteiger partial charge on any atom is 0.191 e. The SMILES string of the molecule is CCCSc1ccc2[nH]c(/C(C)=N/NC(=S)Nc3ccc(C)cc3)nc2c1. The Morgan fingerprint density at radius 1 is 1.22 bits per heavy atom. The average Bonchev–Trinajstić information content (AvgIpc) is 3.09. The zero-order valence-corrected chi connectivity index (χ0v) is 17.3. The van der Waals surface area contributed by atoms with E-state index >= 15 is 0 Å². The van der Waals surface area contributed by atoms with E-state index in [9.17, 15) is 0 Å². The van der Waals surface area contributed by atoms with E-state index in [4.69, 9.17) is 12.2 Å². The van der Waals surface area contributed by atoms with Gasteiger partial charge in [-0.05, 0) is 68.6 Å². The third kappa shape index (κ3) is 5.30. The van der Waals surface area contributed by atoms with Crippen LogP contribution in [-0.4, -0.2) is 26.5 Å². The molecule has 140 valence electrons. The van der Waals surface area contributed by atoms with Crippen LogP contribution >= 0.6 is 24.0 Å². The highest BCUT2D eigenvalue weighted by molar-refractivity contribution is 7.99. The van der Waals surface area contributed by atoms with Crippen molar-refractivity contribution in [2.24, 2.45) is 5.10 Å². The number of H-pyrrole nitrogens is 1. The number of aromatic nitrogens is 2. The minimum absolute atomic E-state index is 0.438. The molecule has 0 aliphatic carbocycles. The third-order valence-electron chi connectivity index (χ3n) is 3.90. The van der Waals surface area contributed by atoms with Crippen molar-refractivity contribution in [2.75, 3.05) is 11.1 Å². The van der Waals surface area contributed by atoms with E-state index in [2.05, 4.69) is 50.9 Å². The largest absolute Gasteiger partial charge is 0.337 e. The Labute approximate surface area is 169 Å². The minimum Gasteiger partial charge on any atom is -0.337 e. The standard InChI is InChI=1S/C20H23N5S2/c1-4-11-27-16-9-10-17-18(12-16)23-19(22-17)14(3)24-25-20(26)21-15-7-5-13(2)6-8-15/h5-10,12H,4,11H2,1-3H3,(H,22,23)(H2,21,25,26)/b24-14+. The van der Waals surface area contributed by atoms with E-state index in [0.29, 0.717) is 5.11 Å². The molecule has 0 aliphatic heterocycles. The second-order valence-corrected chi connectivity index (χ2v) is 7.82. The molecular weight excluding hydrogens is 374 g/mol. The van der Waals surface area contributed by atoms with Crippen molar-refractivity contribution in [3.05, 3.63) is 53.9 Å². The van der Waals surface area contributed by atoms with Crippen LogP contribution in [0.15, 0.2) is 52.5 Å². The second kappa shape index (κ2) is 9.01. The molecule has 0 amide bonds. The summed E-state index contributed by atoms with van der Waals surface area (Å²) in [6.07, 6.45) is 1.16. The van der Waals surface area contributed by atoms with Crippen molar-refractivity contribution < 1.29 is 0 Å². The number of fused-ring (bicyclic) bond motifs is 1. The first-order chi connectivity index (χ1) is 13.0. The molecule has 0 unspecified atom stereocenters. The Morgan fingerprint density at radius 2 is 2.00 bits per heavy atom. The van der Waals surface area contributed by atoms with Gasteiger partial charge in [-0.15, -0.1) is 11.8 Å². The first kappa shape index (κ1) is 19.4. The van der Waals surface area contributed by atoms with Gasteiger partial charge in [-0.1, -0.05) is 24.6 Å². The summed E-state index contributed by atoms with van der Waals surface area (Å²) in [6, 6.07) is 14.3. The van der Waals surface area contributed by atoms with Crippen LogP contribution in [0.5, 0.6) is 0 Å². The van der Waals surface area contributed by atoms with Crippen LogP contribution in [0.3, 0.4) is 0 Å². The molecule has 1 heterocycles. The molecule has 3 N–H and O–H groups in total. The van der Waals surface area contributed by atoms with Gasteiger partial charge < -0.3 is 10.3 Å². The number of imidazole rings is 1. The maximum absolute atomic E-state index is 5.30. The maximum atomic E-state index is 5.30. The molecule has 3 rings (SSSR count). The van der Waals surface area contributed by atoms with Crippen LogP contribution in [0.2, 0.25) is 0 Å². The molecule has 5 nitrogen and oxygen atoms in total. The van der Waals surface area contributed by atoms with E-state index < -0.39 is 0 Å². The average molecular weight is 398 g/mol. The number of anilines is 1. The molecule has 2 aromatic carbocycles. The Kier molecular flexibility index (Phi) is 6.47. The van der Waals surface area contributed by atoms with Gasteiger partial charge in [0.1, 0.15) is 5.71 Å². The lowest BCUT2D eigenvalue weighted by molar-refractivity contribution is 1.03. The van der Waals surface area contributed by atoms with Crippen LogP contribution in [0, 0.1) is 6.92 Å². The van der Waals surface area contributed by atoms with Gasteiger partial charge in [-0.2, -0.15) is 5.10 Å². The first-order valence-corrected chi connectivity index (χ1v) is 10.3. The van der Waals surface area contributed by atoms with Crippen molar-refractivity contribution in [1.82, 2.24) is 15.4 Å². The normalized spacial score (nSPS) is 11.6. The number of aryl methyl sites for hydroxylation is 1. The molecule has 0 saturated carbocycles. The summed E-state index contributed by atoms with van der Waals surface area (Å²) in [6.45, 7) is 6.13. The van der Waals surface area contributed by atoms with E-state index in [0.717, 1.165) is 40.4 Å². The molecular formula is C20H23N5S2. The summed E-state index contributed by atoms with van der Waals surface area (Å²) >= 11 is 7.14. The minimum atomic E-state index is 0.438. The van der Waals surface area contributed by atoms with Crippen molar-refractivity contribution in [3.63, 3.8) is 0 Å². The second-order valence-electron chi connectivity index (χ2n) is 6.24. The Hall–Kier alpha value is -2.38. The number of rotatable bonds is 6. The van der Waals surface area contributed by atoms with Crippen LogP contribution in [0.4, 0.5) is 5.69 Å². The smallest absolute Gasteiger partial charge is 0.191 e. The molecule has 27 heavy (non-hydrogen) atoms. The Balaban J connectivity index is 1.66. The summed E-state index contributed by atoms with van der Waals surface area (Å²) in [5, 5.41) is 7.89. The van der Waals surface area contributed by atoms with Crippen molar-refractivity contribution >= 4 is 51.5 Å². The first-order valence-electron chi connectivity index (χ1n) is 8.86. The van der Waals surface area contributed by atoms with Crippen LogP contribution < -0.4 is 10.7 Å². The molecule has 1 aromatic heterocycles. The lowest BCUT2D eigenvalue weighted by Gasteiger charge is -2.07. The lowest BCUT2D eigenvalue weighted by atomic mass is 10.2. The number of thioether (sulfide) groups is 1. The highest BCUT2D eigenvalue weighted by atomic mass is 32.2. The molecule has 0 aliphatic rings. The molecule has 0 atom stereocenters. The van der Waals surface area contributed by atoms with Gasteiger partial charge in [0, 0.05) is 10.6 Å². The molecule has 0 fully saturated rings. The molecule has 3 aromatic rings. The topological polar surface area (TPSA) is 65.1 Å². The van der Waals surface area contributed by atoms with Gasteiger partial charge in [-0.25, -0.2) is 4.98 Å². The van der Waals surface area contributed by atoms with Gasteiger partial charge in [0.25, 0.3) is 0 Å². The zero-order valence-electron chi connectivity index (χ0n) is 15.7. The molecule has 0 bridgehead atoms. The van der Waals surface area contributed by atoms with Crippen LogP contribution in [0.1, 0.15) is 31.7 Å². The highest BCUT2D eigenvalue weighted by Gasteiger charge is 2.07. The quantitative estimate of drug-likeness (QED) is 0.234. The number of nitrogens with zero attached hydrogens (tertiary/aromatic N) is 2. The summed E-state index contributed by atoms with van der Waals surface area (Å²) < 4.78 is 0. The van der Waals surface area contributed by atoms with Gasteiger partial charge in [-0.3, -0.25) is 5.43 Å². The van der Waals surface area contributed by atoms with E-state index in [1.807, 2.05) is 49.9 Å². The van der Waals surface area contributed by atoms with E-state index in [-0.39, 0.29) is 0 Å². The fraction of sp³-hybridized carbons (Fsp3) is 0.250. The fourth-order valence-electron chi connectivity index (χ4n) is 2.45. The summed E-state index contributed by atoms with van der Waals surface area (Å²) in [7, 11) is 0. The number of benzene rings is 2. The number of thiocarbonyl (C=S) groups is 1. The highest BCUT2D eigenvalue weighted by Crippen LogP contribution is 2.23. The van der Waals surface area contributed by atoms with Gasteiger partial charge in [0.2, 0.25) is 0 Å². The predicted molar refractivity (Wildman–Crippen MR) is 120 cm³/mol. The third-order valence-corrected chi connectivity index (χ3v) is 5.30. The monoisotopic (exact) mass is 397 g/mol. The number of hydrazone groups is 1. The van der Waals surface area contributed by atoms with Gasteiger partial charge in [0.05, 0.1) is 11.0 Å². The zero-order chi connectivity index (χ0) is 19.2. The number of hydrogen-bond acceptors (Lipinski definition) is 4. The molecule has 0 radical (unpaired) electrons. The molecule has 0 spiro atoms. The van der Waals surface area contributed by atoms with Crippen molar-refractivity contribution in [3.8, 4) is 0 Å². The summed E-state index contributed by atoms with van der Waals surface area (Å²) in [4.78, 5) is 9.19. The van der Waals surface area contributed by atoms with E-state index in [1.54, 1.807) is 0 Å².